The summed E-state index contributed by atoms with van der Waals surface area (Å²) in [7, 11) is -3.98. The number of nitrogens with zero attached hydrogens (tertiary/aromatic N) is 1. The van der Waals surface area contributed by atoms with E-state index in [1.165, 1.54) is 12.1 Å². The Hall–Kier alpha value is -4.36. The molecule has 1 aromatic heterocycles. The highest BCUT2D eigenvalue weighted by molar-refractivity contribution is 7.99. The van der Waals surface area contributed by atoms with Crippen molar-refractivity contribution in [2.24, 2.45) is 0 Å². The lowest BCUT2D eigenvalue weighted by molar-refractivity contribution is -0.245. The average molecular weight is 710 g/mol. The number of amides is 1. The van der Waals surface area contributed by atoms with E-state index in [4.69, 9.17) is 9.47 Å². The van der Waals surface area contributed by atoms with E-state index in [-0.39, 0.29) is 30.1 Å². The van der Waals surface area contributed by atoms with Crippen LogP contribution in [0.15, 0.2) is 137 Å². The molecule has 5 aromatic rings. The van der Waals surface area contributed by atoms with Gasteiger partial charge in [-0.25, -0.2) is 13.4 Å². The smallest absolute Gasteiger partial charge is 0.242 e. The number of aliphatic hydroxyl groups excluding tert-OH is 1. The molecule has 1 amide bonds. The van der Waals surface area contributed by atoms with Gasteiger partial charge in [-0.3, -0.25) is 4.79 Å². The van der Waals surface area contributed by atoms with Gasteiger partial charge in [0.15, 0.2) is 6.29 Å². The molecule has 9 nitrogen and oxygen atoms in total. The number of aryl methyl sites for hydroxylation is 1. The molecule has 2 heterocycles. The molecule has 1 fully saturated rings. The molecule has 1 aliphatic rings. The van der Waals surface area contributed by atoms with Crippen LogP contribution in [0.1, 0.15) is 46.6 Å². The fourth-order valence-corrected chi connectivity index (χ4v) is 7.67. The minimum absolute atomic E-state index is 0.0323. The molecular formula is C39H39N3O6S2. The largest absolute Gasteiger partial charge is 0.392 e. The van der Waals surface area contributed by atoms with Crippen LogP contribution >= 0.6 is 11.8 Å². The Morgan fingerprint density at radius 1 is 0.860 bits per heavy atom. The van der Waals surface area contributed by atoms with Crippen LogP contribution in [0.3, 0.4) is 0 Å². The highest BCUT2D eigenvalue weighted by Crippen LogP contribution is 2.39. The van der Waals surface area contributed by atoms with Crippen LogP contribution in [-0.4, -0.2) is 42.3 Å². The number of carbonyl (C=O) groups excluding carboxylic acids is 1. The predicted molar refractivity (Wildman–Crippen MR) is 194 cm³/mol. The third-order valence-corrected chi connectivity index (χ3v) is 10.9. The summed E-state index contributed by atoms with van der Waals surface area (Å²) in [6, 6.07) is 35.4. The number of aromatic nitrogens is 1. The number of ether oxygens (including phenoxy) is 2. The molecule has 1 aliphatic heterocycles. The van der Waals surface area contributed by atoms with Crippen molar-refractivity contribution < 1.29 is 27.8 Å². The molecule has 4 atom stereocenters. The van der Waals surface area contributed by atoms with Crippen molar-refractivity contribution in [3.8, 4) is 0 Å². The second-order valence-corrected chi connectivity index (χ2v) is 14.9. The lowest BCUT2D eigenvalue weighted by atomic mass is 10.0. The maximum Gasteiger partial charge on any atom is 0.242 e. The van der Waals surface area contributed by atoms with E-state index in [0.29, 0.717) is 17.9 Å². The third-order valence-electron chi connectivity index (χ3n) is 8.35. The first kappa shape index (κ1) is 35.5. The highest BCUT2D eigenvalue weighted by atomic mass is 32.2. The zero-order valence-electron chi connectivity index (χ0n) is 27.5. The van der Waals surface area contributed by atoms with Gasteiger partial charge in [-0.05, 0) is 66.4 Å². The Morgan fingerprint density at radius 3 is 2.24 bits per heavy atom. The Bertz CT molecular complexity index is 1940. The number of hydrogen-bond acceptors (Lipinski definition) is 8. The zero-order chi connectivity index (χ0) is 34.9. The predicted octanol–water partition coefficient (Wildman–Crippen LogP) is 6.75. The normalized spacial score (nSPS) is 18.3. The lowest BCUT2D eigenvalue weighted by Crippen LogP contribution is -2.45. The molecule has 4 aromatic carbocycles. The number of aliphatic hydroxyl groups is 1. The summed E-state index contributed by atoms with van der Waals surface area (Å²) in [5, 5.41) is 13.3. The van der Waals surface area contributed by atoms with E-state index >= 15 is 0 Å². The Morgan fingerprint density at radius 2 is 1.56 bits per heavy atom. The van der Waals surface area contributed by atoms with Gasteiger partial charge < -0.3 is 19.9 Å². The molecule has 3 N–H and O–H groups in total. The molecule has 11 heteroatoms. The molecule has 50 heavy (non-hydrogen) atoms. The van der Waals surface area contributed by atoms with Crippen LogP contribution in [0.2, 0.25) is 0 Å². The third kappa shape index (κ3) is 9.45. The van der Waals surface area contributed by atoms with Crippen LogP contribution in [0.5, 0.6) is 0 Å². The van der Waals surface area contributed by atoms with Crippen molar-refractivity contribution in [3.05, 3.63) is 155 Å². The van der Waals surface area contributed by atoms with E-state index < -0.39 is 28.3 Å². The molecule has 1 saturated heterocycles. The fourth-order valence-electron chi connectivity index (χ4n) is 5.60. The molecule has 258 valence electrons. The number of benzene rings is 4. The van der Waals surface area contributed by atoms with Gasteiger partial charge in [0.1, 0.15) is 6.04 Å². The number of hydrogen-bond donors (Lipinski definition) is 3. The average Bonchev–Trinajstić information content (AvgIpc) is 3.15. The van der Waals surface area contributed by atoms with Gasteiger partial charge in [0.05, 0.1) is 28.7 Å². The maximum atomic E-state index is 13.6. The summed E-state index contributed by atoms with van der Waals surface area (Å²) in [5.74, 6) is 0.192. The van der Waals surface area contributed by atoms with Crippen molar-refractivity contribution in [2.75, 3.05) is 11.1 Å². The van der Waals surface area contributed by atoms with Crippen molar-refractivity contribution in [2.45, 2.75) is 60.8 Å². The van der Waals surface area contributed by atoms with Crippen LogP contribution in [0.25, 0.3) is 0 Å². The van der Waals surface area contributed by atoms with E-state index in [9.17, 15) is 18.3 Å². The minimum atomic E-state index is -3.98. The highest BCUT2D eigenvalue weighted by Gasteiger charge is 2.32. The van der Waals surface area contributed by atoms with Crippen LogP contribution in [0.4, 0.5) is 5.69 Å². The number of pyridine rings is 1. The summed E-state index contributed by atoms with van der Waals surface area (Å²) >= 11 is 1.62. The van der Waals surface area contributed by atoms with Gasteiger partial charge >= 0.3 is 0 Å². The molecule has 0 bridgehead atoms. The Labute approximate surface area is 297 Å². The molecule has 0 aliphatic carbocycles. The van der Waals surface area contributed by atoms with E-state index in [2.05, 4.69) is 15.0 Å². The van der Waals surface area contributed by atoms with Crippen molar-refractivity contribution in [1.82, 2.24) is 9.71 Å². The maximum absolute atomic E-state index is 13.6. The number of sulfonamides is 1. The standard InChI is InChI=1S/C39H39N3O6S2/c1-27-10-20-34(21-11-27)50(45,46)42-35(23-28-7-3-2-4-8-28)38(44)41-32-18-16-31(17-19-32)39-47-33(26-49-37-9-5-6-22-40-37)24-36(48-39)30-14-12-29(25-43)13-15-30/h2-22,33,35-36,39,42-43H,23-26H2,1H3,(H,41,44). The fraction of sp³-hybridized carbons (Fsp3) is 0.231. The molecule has 0 radical (unpaired) electrons. The van der Waals surface area contributed by atoms with E-state index in [1.807, 2.05) is 91.9 Å². The first-order valence-electron chi connectivity index (χ1n) is 16.3. The first-order chi connectivity index (χ1) is 24.3. The molecule has 6 rings (SSSR count). The van der Waals surface area contributed by atoms with Crippen LogP contribution in [-0.2, 0) is 37.3 Å². The second kappa shape index (κ2) is 16.6. The van der Waals surface area contributed by atoms with Crippen LogP contribution < -0.4 is 10.0 Å². The minimum Gasteiger partial charge on any atom is -0.392 e. The zero-order valence-corrected chi connectivity index (χ0v) is 29.1. The number of thioether (sulfide) groups is 1. The molecular weight excluding hydrogens is 671 g/mol. The summed E-state index contributed by atoms with van der Waals surface area (Å²) < 4.78 is 42.1. The van der Waals surface area contributed by atoms with Gasteiger partial charge in [0.25, 0.3) is 0 Å². The van der Waals surface area contributed by atoms with Gasteiger partial charge in [0, 0.05) is 29.6 Å². The van der Waals surface area contributed by atoms with E-state index in [0.717, 1.165) is 32.8 Å². The Kier molecular flexibility index (Phi) is 11.7. The summed E-state index contributed by atoms with van der Waals surface area (Å²) in [6.07, 6.45) is 1.53. The van der Waals surface area contributed by atoms with E-state index in [1.54, 1.807) is 42.2 Å². The van der Waals surface area contributed by atoms with Crippen molar-refractivity contribution in [3.63, 3.8) is 0 Å². The number of nitrogens with one attached hydrogen (secondary N) is 2. The first-order valence-corrected chi connectivity index (χ1v) is 18.8. The number of rotatable bonds is 13. The SMILES string of the molecule is Cc1ccc(S(=O)(=O)NC(Cc2ccccc2)C(=O)Nc2ccc(C3OC(CSc4ccccn4)CC(c4ccc(CO)cc4)O3)cc2)cc1. The molecule has 4 unspecified atom stereocenters. The van der Waals surface area contributed by atoms with Gasteiger partial charge in [-0.2, -0.15) is 4.72 Å². The summed E-state index contributed by atoms with van der Waals surface area (Å²) in [5.41, 5.74) is 4.84. The number of anilines is 1. The van der Waals surface area contributed by atoms with Gasteiger partial charge in [-0.15, -0.1) is 11.8 Å². The molecule has 0 saturated carbocycles. The monoisotopic (exact) mass is 709 g/mol. The quantitative estimate of drug-likeness (QED) is 0.115. The van der Waals surface area contributed by atoms with Crippen molar-refractivity contribution >= 4 is 33.4 Å². The lowest BCUT2D eigenvalue weighted by Gasteiger charge is -2.36. The summed E-state index contributed by atoms with van der Waals surface area (Å²) in [6.45, 7) is 1.85. The van der Waals surface area contributed by atoms with Crippen LogP contribution in [0, 0.1) is 6.92 Å². The topological polar surface area (TPSA) is 127 Å². The van der Waals surface area contributed by atoms with Gasteiger partial charge in [0.2, 0.25) is 15.9 Å². The van der Waals surface area contributed by atoms with Gasteiger partial charge in [-0.1, -0.05) is 90.5 Å². The number of carbonyl (C=O) groups is 1. The summed E-state index contributed by atoms with van der Waals surface area (Å²) in [4.78, 5) is 18.1. The van der Waals surface area contributed by atoms with Crippen molar-refractivity contribution in [1.29, 1.82) is 0 Å². The Balaban J connectivity index is 1.17. The molecule has 0 spiro atoms. The second-order valence-electron chi connectivity index (χ2n) is 12.1.